The van der Waals surface area contributed by atoms with Gasteiger partial charge in [0.05, 0.1) is 0 Å². The number of benzene rings is 2. The van der Waals surface area contributed by atoms with Gasteiger partial charge in [0.25, 0.3) is 0 Å². The van der Waals surface area contributed by atoms with Crippen molar-refractivity contribution in [1.82, 2.24) is 0 Å². The van der Waals surface area contributed by atoms with E-state index in [4.69, 9.17) is 0 Å². The number of allylic oxidation sites excluding steroid dienone is 3. The Balaban J connectivity index is 2.18. The summed E-state index contributed by atoms with van der Waals surface area (Å²) < 4.78 is 1.21. The first-order valence-corrected chi connectivity index (χ1v) is 6.25. The summed E-state index contributed by atoms with van der Waals surface area (Å²) in [6, 6.07) is 10.8. The second-order valence-corrected chi connectivity index (χ2v) is 5.24. The number of hydrogen-bond donors (Lipinski definition) is 0. The third-order valence-corrected chi connectivity index (χ3v) is 4.10. The summed E-state index contributed by atoms with van der Waals surface area (Å²) in [4.78, 5) is 0. The van der Waals surface area contributed by atoms with Crippen LogP contribution >= 0.6 is 15.9 Å². The zero-order valence-electron chi connectivity index (χ0n) is 8.57. The quantitative estimate of drug-likeness (QED) is 0.652. The van der Waals surface area contributed by atoms with E-state index in [0.717, 1.165) is 0 Å². The van der Waals surface area contributed by atoms with Crippen LogP contribution in [0.1, 0.15) is 17.0 Å². The van der Waals surface area contributed by atoms with Crippen LogP contribution in [0.2, 0.25) is 0 Å². The van der Waals surface area contributed by atoms with Gasteiger partial charge in [-0.25, -0.2) is 0 Å². The highest BCUT2D eigenvalue weighted by molar-refractivity contribution is 9.10. The van der Waals surface area contributed by atoms with Gasteiger partial charge in [0.1, 0.15) is 0 Å². The first-order valence-electron chi connectivity index (χ1n) is 5.45. The zero-order chi connectivity index (χ0) is 10.7. The molecule has 0 fully saturated rings. The van der Waals surface area contributed by atoms with Gasteiger partial charge in [-0.1, -0.05) is 58.4 Å². The van der Waals surface area contributed by atoms with E-state index in [0.29, 0.717) is 5.92 Å². The van der Waals surface area contributed by atoms with E-state index in [1.807, 2.05) is 0 Å². The second kappa shape index (κ2) is 2.86. The van der Waals surface area contributed by atoms with Gasteiger partial charge >= 0.3 is 0 Å². The van der Waals surface area contributed by atoms with Crippen LogP contribution in [0.4, 0.5) is 0 Å². The standard InChI is InChI=1S/C15H9Br/c16-14-8-9-3-1-2-4-11(9)15-12(14)6-5-10-7-13(10)15/h1-8,13H. The maximum absolute atomic E-state index is 3.67. The van der Waals surface area contributed by atoms with Crippen molar-refractivity contribution in [2.24, 2.45) is 0 Å². The molecule has 0 N–H and O–H groups in total. The van der Waals surface area contributed by atoms with Crippen LogP contribution in [-0.4, -0.2) is 0 Å². The van der Waals surface area contributed by atoms with Crippen LogP contribution in [-0.2, 0) is 0 Å². The largest absolute Gasteiger partial charge is 0.0684 e. The van der Waals surface area contributed by atoms with Crippen LogP contribution in [0.25, 0.3) is 16.8 Å². The van der Waals surface area contributed by atoms with Gasteiger partial charge in [-0.2, -0.15) is 0 Å². The molecule has 1 atom stereocenters. The van der Waals surface area contributed by atoms with Crippen LogP contribution in [0, 0.1) is 0 Å². The van der Waals surface area contributed by atoms with Gasteiger partial charge in [0.15, 0.2) is 0 Å². The maximum atomic E-state index is 3.67. The lowest BCUT2D eigenvalue weighted by Gasteiger charge is -2.15. The monoisotopic (exact) mass is 268 g/mol. The Hall–Kier alpha value is -1.34. The molecule has 0 nitrogen and oxygen atoms in total. The topological polar surface area (TPSA) is 0 Å². The molecule has 2 aromatic carbocycles. The minimum atomic E-state index is 0.572. The Morgan fingerprint density at radius 1 is 1.06 bits per heavy atom. The number of fused-ring (bicyclic) bond motifs is 5. The molecule has 16 heavy (non-hydrogen) atoms. The molecule has 0 spiro atoms. The second-order valence-electron chi connectivity index (χ2n) is 4.38. The third kappa shape index (κ3) is 1.04. The van der Waals surface area contributed by atoms with Crippen molar-refractivity contribution in [2.75, 3.05) is 0 Å². The molecule has 0 amide bonds. The molecule has 0 saturated heterocycles. The lowest BCUT2D eigenvalue weighted by atomic mass is 9.90. The summed E-state index contributed by atoms with van der Waals surface area (Å²) in [5.41, 5.74) is 4.29. The molecule has 2 aromatic rings. The first kappa shape index (κ1) is 8.77. The molecule has 0 aliphatic heterocycles. The van der Waals surface area contributed by atoms with E-state index >= 15 is 0 Å². The highest BCUT2D eigenvalue weighted by Gasteiger charge is 2.31. The van der Waals surface area contributed by atoms with Crippen LogP contribution < -0.4 is 0 Å². The molecule has 76 valence electrons. The number of hydrogen-bond acceptors (Lipinski definition) is 0. The van der Waals surface area contributed by atoms with Crippen LogP contribution in [0.5, 0.6) is 0 Å². The predicted molar refractivity (Wildman–Crippen MR) is 71.5 cm³/mol. The SMILES string of the molecule is Brc1cc2ccccc2c2c1C=CC1=CC12. The summed E-state index contributed by atoms with van der Waals surface area (Å²) in [7, 11) is 0. The van der Waals surface area contributed by atoms with Crippen molar-refractivity contribution < 1.29 is 0 Å². The Bertz CT molecular complexity index is 677. The molecule has 0 heterocycles. The fourth-order valence-corrected chi connectivity index (χ4v) is 3.19. The van der Waals surface area contributed by atoms with Crippen molar-refractivity contribution in [3.05, 3.63) is 63.7 Å². The predicted octanol–water partition coefficient (Wildman–Crippen LogP) is 4.65. The smallest absolute Gasteiger partial charge is 0.0285 e. The fourth-order valence-electron chi connectivity index (χ4n) is 2.59. The molecule has 2 aliphatic rings. The summed E-state index contributed by atoms with van der Waals surface area (Å²) in [5.74, 6) is 0.572. The molecular formula is C15H9Br. The lowest BCUT2D eigenvalue weighted by Crippen LogP contribution is -1.95. The van der Waals surface area contributed by atoms with Gasteiger partial charge in [-0.15, -0.1) is 0 Å². The van der Waals surface area contributed by atoms with E-state index < -0.39 is 0 Å². The van der Waals surface area contributed by atoms with Crippen LogP contribution in [0.3, 0.4) is 0 Å². The zero-order valence-corrected chi connectivity index (χ0v) is 10.2. The van der Waals surface area contributed by atoms with Gasteiger partial charge in [0.2, 0.25) is 0 Å². The number of rotatable bonds is 0. The number of halogens is 1. The molecule has 1 heteroatoms. The summed E-state index contributed by atoms with van der Waals surface area (Å²) in [6.45, 7) is 0. The molecule has 1 unspecified atom stereocenters. The Morgan fingerprint density at radius 2 is 1.94 bits per heavy atom. The molecule has 0 aromatic heterocycles. The minimum Gasteiger partial charge on any atom is -0.0684 e. The summed E-state index contributed by atoms with van der Waals surface area (Å²) in [5, 5.41) is 2.71. The van der Waals surface area contributed by atoms with E-state index in [9.17, 15) is 0 Å². The average Bonchev–Trinajstić information content (AvgIpc) is 3.07. The highest BCUT2D eigenvalue weighted by Crippen LogP contribution is 2.49. The third-order valence-electron chi connectivity index (χ3n) is 3.44. The van der Waals surface area contributed by atoms with Gasteiger partial charge in [0, 0.05) is 10.4 Å². The molecule has 0 bridgehead atoms. The van der Waals surface area contributed by atoms with Crippen molar-refractivity contribution in [1.29, 1.82) is 0 Å². The van der Waals surface area contributed by atoms with Gasteiger partial charge in [-0.3, -0.25) is 0 Å². The van der Waals surface area contributed by atoms with Crippen LogP contribution in [0.15, 0.2) is 52.5 Å². The lowest BCUT2D eigenvalue weighted by molar-refractivity contribution is 1.19. The van der Waals surface area contributed by atoms with E-state index in [2.05, 4.69) is 64.5 Å². The fraction of sp³-hybridized carbons (Fsp3) is 0.0667. The average molecular weight is 269 g/mol. The first-order chi connectivity index (χ1) is 7.84. The highest BCUT2D eigenvalue weighted by atomic mass is 79.9. The van der Waals surface area contributed by atoms with Gasteiger partial charge in [-0.05, 0) is 33.5 Å². The van der Waals surface area contributed by atoms with Crippen molar-refractivity contribution in [2.45, 2.75) is 5.92 Å². The van der Waals surface area contributed by atoms with E-state index in [-0.39, 0.29) is 0 Å². The Labute approximate surface area is 102 Å². The molecule has 0 radical (unpaired) electrons. The Morgan fingerprint density at radius 3 is 2.88 bits per heavy atom. The Kier molecular flexibility index (Phi) is 1.57. The van der Waals surface area contributed by atoms with Crippen molar-refractivity contribution >= 4 is 32.8 Å². The summed E-state index contributed by atoms with van der Waals surface area (Å²) in [6.07, 6.45) is 6.79. The molecule has 4 rings (SSSR count). The molecular weight excluding hydrogens is 260 g/mol. The molecule has 2 aliphatic carbocycles. The van der Waals surface area contributed by atoms with Crippen molar-refractivity contribution in [3.63, 3.8) is 0 Å². The molecule has 0 saturated carbocycles. The minimum absolute atomic E-state index is 0.572. The van der Waals surface area contributed by atoms with E-state index in [1.165, 1.54) is 31.9 Å². The van der Waals surface area contributed by atoms with Gasteiger partial charge < -0.3 is 0 Å². The summed E-state index contributed by atoms with van der Waals surface area (Å²) >= 11 is 3.67. The van der Waals surface area contributed by atoms with Crippen molar-refractivity contribution in [3.8, 4) is 0 Å². The maximum Gasteiger partial charge on any atom is 0.0285 e. The normalized spacial score (nSPS) is 20.3. The van der Waals surface area contributed by atoms with E-state index in [1.54, 1.807) is 0 Å².